The lowest BCUT2D eigenvalue weighted by Crippen LogP contribution is -2.42. The number of ether oxygens (including phenoxy) is 4. The lowest BCUT2D eigenvalue weighted by atomic mass is 9.83. The molecule has 1 N–H and O–H groups in total. The van der Waals surface area contributed by atoms with E-state index in [0.717, 1.165) is 49.7 Å². The first kappa shape index (κ1) is 41.4. The van der Waals surface area contributed by atoms with Crippen LogP contribution in [0.1, 0.15) is 86.0 Å². The Kier molecular flexibility index (Phi) is 14.6. The maximum absolute atomic E-state index is 13.8. The highest BCUT2D eigenvalue weighted by Crippen LogP contribution is 2.42. The van der Waals surface area contributed by atoms with Gasteiger partial charge in [-0.05, 0) is 98.2 Å². The lowest BCUT2D eigenvalue weighted by molar-refractivity contribution is -0.0755. The molecule has 0 saturated carbocycles. The maximum atomic E-state index is 13.8. The van der Waals surface area contributed by atoms with Gasteiger partial charge in [0.05, 0.1) is 53.4 Å². The lowest BCUT2D eigenvalue weighted by Gasteiger charge is -2.38. The molecular formula is C40H66O8SSi. The molecule has 3 heterocycles. The van der Waals surface area contributed by atoms with Crippen molar-refractivity contribution in [1.82, 2.24) is 0 Å². The molecule has 3 aliphatic rings. The highest BCUT2D eigenvalue weighted by atomic mass is 32.2. The Morgan fingerprint density at radius 3 is 2.32 bits per heavy atom. The molecule has 3 saturated heterocycles. The van der Waals surface area contributed by atoms with Crippen molar-refractivity contribution < 1.29 is 36.9 Å². The summed E-state index contributed by atoms with van der Waals surface area (Å²) in [6.07, 6.45) is 5.12. The molecule has 10 heteroatoms. The quantitative estimate of drug-likeness (QED) is 0.127. The van der Waals surface area contributed by atoms with Gasteiger partial charge >= 0.3 is 0 Å². The summed E-state index contributed by atoms with van der Waals surface area (Å²) in [5.74, 6) is 0.0282. The van der Waals surface area contributed by atoms with Gasteiger partial charge in [0.2, 0.25) is 0 Å². The Balaban J connectivity index is 1.48. The Bertz CT molecular complexity index is 1360. The van der Waals surface area contributed by atoms with E-state index in [9.17, 15) is 13.5 Å². The van der Waals surface area contributed by atoms with Crippen molar-refractivity contribution in [1.29, 1.82) is 0 Å². The average Bonchev–Trinajstić information content (AvgIpc) is 3.57. The number of hydrogen-bond donors (Lipinski definition) is 1. The zero-order chi connectivity index (χ0) is 36.9. The molecule has 0 bridgehead atoms. The van der Waals surface area contributed by atoms with E-state index in [4.69, 9.17) is 23.4 Å². The Morgan fingerprint density at radius 2 is 1.68 bits per heavy atom. The van der Waals surface area contributed by atoms with Crippen LogP contribution in [0.2, 0.25) is 18.1 Å². The first-order valence-electron chi connectivity index (χ1n) is 18.8. The molecular weight excluding hydrogens is 669 g/mol. The minimum atomic E-state index is -3.61. The first-order chi connectivity index (χ1) is 23.5. The fourth-order valence-electron chi connectivity index (χ4n) is 7.59. The van der Waals surface area contributed by atoms with Crippen LogP contribution in [0.5, 0.6) is 0 Å². The molecule has 1 aromatic rings. The zero-order valence-electron chi connectivity index (χ0n) is 32.1. The number of aliphatic hydroxyl groups is 1. The van der Waals surface area contributed by atoms with Gasteiger partial charge in [0, 0.05) is 32.7 Å². The summed E-state index contributed by atoms with van der Waals surface area (Å²) >= 11 is 0. The van der Waals surface area contributed by atoms with Crippen molar-refractivity contribution in [3.63, 3.8) is 0 Å². The number of sulfone groups is 1. The number of methoxy groups -OCH3 is 1. The molecule has 3 aliphatic heterocycles. The second kappa shape index (κ2) is 17.6. The van der Waals surface area contributed by atoms with Gasteiger partial charge in [0.1, 0.15) is 0 Å². The fourth-order valence-corrected chi connectivity index (χ4v) is 10.4. The largest absolute Gasteiger partial charge is 0.417 e. The molecule has 0 radical (unpaired) electrons. The summed E-state index contributed by atoms with van der Waals surface area (Å²) in [6, 6.07) is 8.68. The summed E-state index contributed by atoms with van der Waals surface area (Å²) in [4.78, 5) is 0.314. The predicted molar refractivity (Wildman–Crippen MR) is 203 cm³/mol. The predicted octanol–water partition coefficient (Wildman–Crippen LogP) is 7.91. The molecule has 0 spiro atoms. The van der Waals surface area contributed by atoms with E-state index in [-0.39, 0.29) is 77.9 Å². The van der Waals surface area contributed by atoms with Crippen LogP contribution < -0.4 is 0 Å². The summed E-state index contributed by atoms with van der Waals surface area (Å²) in [7, 11) is -3.86. The minimum absolute atomic E-state index is 0.0118. The van der Waals surface area contributed by atoms with Crippen LogP contribution in [0.15, 0.2) is 59.5 Å². The highest BCUT2D eigenvalue weighted by molar-refractivity contribution is 7.91. The third-order valence-corrected chi connectivity index (χ3v) is 18.1. The van der Waals surface area contributed by atoms with Crippen LogP contribution in [-0.4, -0.2) is 90.6 Å². The molecule has 10 atom stereocenters. The molecule has 8 nitrogen and oxygen atoms in total. The van der Waals surface area contributed by atoms with Crippen LogP contribution in [0.25, 0.3) is 0 Å². The SMILES string of the molecule is C=C1C(CC2O[C@H](C[C@H](C)CO[Si](C)(C)C(C)(C)C)[C@H](OC)[C@H]2CS(=O)(=O)c2ccccc2)OC(CC[C@@H]2O[C@@H](CCCO)CC2=C)C[C@H]1C. The average molecular weight is 735 g/mol. The van der Waals surface area contributed by atoms with E-state index in [1.807, 2.05) is 6.07 Å². The highest BCUT2D eigenvalue weighted by Gasteiger charge is 2.49. The Hall–Kier alpha value is -1.37. The fraction of sp³-hybridized carbons (Fsp3) is 0.750. The second-order valence-electron chi connectivity index (χ2n) is 16.8. The number of rotatable bonds is 17. The van der Waals surface area contributed by atoms with Gasteiger partial charge in [0.15, 0.2) is 18.2 Å². The van der Waals surface area contributed by atoms with Crippen molar-refractivity contribution in [2.75, 3.05) is 26.1 Å². The smallest absolute Gasteiger partial charge is 0.191 e. The Morgan fingerprint density at radius 1 is 1.00 bits per heavy atom. The van der Waals surface area contributed by atoms with E-state index >= 15 is 0 Å². The van der Waals surface area contributed by atoms with E-state index in [1.165, 1.54) is 0 Å². The molecule has 1 aromatic carbocycles. The summed E-state index contributed by atoms with van der Waals surface area (Å²) in [5.41, 5.74) is 2.16. The van der Waals surface area contributed by atoms with Crippen LogP contribution in [0.4, 0.5) is 0 Å². The van der Waals surface area contributed by atoms with Gasteiger partial charge in [-0.2, -0.15) is 0 Å². The Labute approximate surface area is 304 Å². The molecule has 0 amide bonds. The molecule has 50 heavy (non-hydrogen) atoms. The van der Waals surface area contributed by atoms with Gasteiger partial charge in [-0.15, -0.1) is 0 Å². The van der Waals surface area contributed by atoms with E-state index in [1.54, 1.807) is 31.4 Å². The molecule has 3 fully saturated rings. The van der Waals surface area contributed by atoms with Gasteiger partial charge < -0.3 is 28.5 Å². The topological polar surface area (TPSA) is 101 Å². The van der Waals surface area contributed by atoms with Crippen molar-refractivity contribution >= 4 is 18.2 Å². The first-order valence-corrected chi connectivity index (χ1v) is 23.4. The zero-order valence-corrected chi connectivity index (χ0v) is 33.9. The number of aliphatic hydroxyl groups excluding tert-OH is 1. The van der Waals surface area contributed by atoms with Crippen LogP contribution >= 0.6 is 0 Å². The van der Waals surface area contributed by atoms with Crippen LogP contribution in [-0.2, 0) is 33.2 Å². The number of hydrogen-bond acceptors (Lipinski definition) is 8. The van der Waals surface area contributed by atoms with E-state index < -0.39 is 18.2 Å². The summed E-state index contributed by atoms with van der Waals surface area (Å²) < 4.78 is 60.2. The van der Waals surface area contributed by atoms with Gasteiger partial charge in [-0.25, -0.2) is 8.42 Å². The van der Waals surface area contributed by atoms with Gasteiger partial charge in [0.25, 0.3) is 0 Å². The third kappa shape index (κ3) is 10.6. The van der Waals surface area contributed by atoms with Crippen LogP contribution in [0.3, 0.4) is 0 Å². The van der Waals surface area contributed by atoms with Crippen molar-refractivity contribution in [3.8, 4) is 0 Å². The monoisotopic (exact) mass is 734 g/mol. The normalized spacial score (nSPS) is 31.7. The maximum Gasteiger partial charge on any atom is 0.191 e. The molecule has 4 rings (SSSR count). The van der Waals surface area contributed by atoms with Crippen LogP contribution in [0, 0.1) is 17.8 Å². The molecule has 3 unspecified atom stereocenters. The minimum Gasteiger partial charge on any atom is -0.417 e. The van der Waals surface area contributed by atoms with Crippen molar-refractivity contribution in [2.24, 2.45) is 17.8 Å². The number of benzene rings is 1. The van der Waals surface area contributed by atoms with Crippen molar-refractivity contribution in [2.45, 2.75) is 152 Å². The standard InChI is InChI=1S/C40H66O8SSi/c1-27(25-45-50(9,10)40(5,6)7)21-38-39(44-8)34(26-49(42,43)33-16-12-11-13-17-33)37(48-38)24-36-30(4)28(2)22-32(47-36)18-19-35-29(3)23-31(46-35)15-14-20-41/h11-13,16-17,27-28,31-32,34-39,41H,3-4,14-15,18-26H2,1-2,5-10H3/t27-,28+,31-,32?,34-,35-,36?,37?,38+,39+/m0/s1. The second-order valence-corrected chi connectivity index (χ2v) is 23.7. The van der Waals surface area contributed by atoms with Crippen molar-refractivity contribution in [3.05, 3.63) is 54.6 Å². The summed E-state index contributed by atoms with van der Waals surface area (Å²) in [5, 5.41) is 9.35. The molecule has 0 aliphatic carbocycles. The molecule has 0 aromatic heterocycles. The third-order valence-electron chi connectivity index (χ3n) is 11.8. The van der Waals surface area contributed by atoms with E-state index in [2.05, 4.69) is 60.9 Å². The summed E-state index contributed by atoms with van der Waals surface area (Å²) in [6.45, 7) is 25.2. The van der Waals surface area contributed by atoms with Gasteiger partial charge in [-0.1, -0.05) is 66.0 Å². The van der Waals surface area contributed by atoms with Gasteiger partial charge in [-0.3, -0.25) is 0 Å². The van der Waals surface area contributed by atoms with E-state index in [0.29, 0.717) is 24.3 Å². The molecule has 284 valence electrons.